The monoisotopic (exact) mass is 246 g/mol. The lowest BCUT2D eigenvalue weighted by atomic mass is 10.1. The summed E-state index contributed by atoms with van der Waals surface area (Å²) >= 11 is 0. The van der Waals surface area contributed by atoms with Crippen molar-refractivity contribution in [1.82, 2.24) is 10.2 Å². The van der Waals surface area contributed by atoms with Crippen molar-refractivity contribution in [1.29, 1.82) is 0 Å². The molecular weight excluding hydrogens is 220 g/mol. The molecule has 1 N–H and O–H groups in total. The molecule has 0 spiro atoms. The molecule has 1 aromatic carbocycles. The Morgan fingerprint density at radius 2 is 2.06 bits per heavy atom. The van der Waals surface area contributed by atoms with Crippen LogP contribution in [0.15, 0.2) is 30.3 Å². The Balaban J connectivity index is 1.63. The van der Waals surface area contributed by atoms with Crippen LogP contribution in [-0.4, -0.2) is 37.1 Å². The average molecular weight is 246 g/mol. The summed E-state index contributed by atoms with van der Waals surface area (Å²) in [6.45, 7) is 7.22. The number of aryl methyl sites for hydroxylation is 1. The standard InChI is InChI=1S/C16H26N2/c1-15-14-18(13-7-11-17-15)12-6-5-10-16-8-3-2-4-9-16/h2-4,8-9,15,17H,5-7,10-14H2,1H3. The lowest BCUT2D eigenvalue weighted by Crippen LogP contribution is -2.35. The Morgan fingerprint density at radius 3 is 2.89 bits per heavy atom. The molecule has 2 nitrogen and oxygen atoms in total. The Morgan fingerprint density at radius 1 is 1.22 bits per heavy atom. The first-order chi connectivity index (χ1) is 8.84. The molecule has 0 amide bonds. The molecule has 1 aliphatic heterocycles. The molecule has 1 aromatic rings. The first-order valence-electron chi connectivity index (χ1n) is 7.34. The van der Waals surface area contributed by atoms with E-state index in [9.17, 15) is 0 Å². The zero-order chi connectivity index (χ0) is 12.6. The first-order valence-corrected chi connectivity index (χ1v) is 7.34. The molecule has 0 radical (unpaired) electrons. The fourth-order valence-electron chi connectivity index (χ4n) is 2.71. The van der Waals surface area contributed by atoms with E-state index in [-0.39, 0.29) is 0 Å². The van der Waals surface area contributed by atoms with E-state index >= 15 is 0 Å². The van der Waals surface area contributed by atoms with Gasteiger partial charge in [0, 0.05) is 12.6 Å². The molecule has 0 aromatic heterocycles. The molecule has 1 atom stereocenters. The van der Waals surface area contributed by atoms with E-state index in [1.165, 1.54) is 57.4 Å². The first kappa shape index (κ1) is 13.6. The summed E-state index contributed by atoms with van der Waals surface area (Å²) in [7, 11) is 0. The minimum atomic E-state index is 0.654. The van der Waals surface area contributed by atoms with E-state index in [2.05, 4.69) is 47.5 Å². The number of rotatable bonds is 5. The highest BCUT2D eigenvalue weighted by Gasteiger charge is 2.12. The second-order valence-corrected chi connectivity index (χ2v) is 5.45. The minimum absolute atomic E-state index is 0.654. The fraction of sp³-hybridized carbons (Fsp3) is 0.625. The maximum Gasteiger partial charge on any atom is 0.0166 e. The van der Waals surface area contributed by atoms with Crippen molar-refractivity contribution >= 4 is 0 Å². The van der Waals surface area contributed by atoms with Gasteiger partial charge >= 0.3 is 0 Å². The number of benzene rings is 1. The van der Waals surface area contributed by atoms with Crippen molar-refractivity contribution in [2.75, 3.05) is 26.2 Å². The van der Waals surface area contributed by atoms with E-state index in [1.807, 2.05) is 0 Å². The highest BCUT2D eigenvalue weighted by Crippen LogP contribution is 2.07. The highest BCUT2D eigenvalue weighted by molar-refractivity contribution is 5.14. The van der Waals surface area contributed by atoms with E-state index in [4.69, 9.17) is 0 Å². The number of hydrogen-bond donors (Lipinski definition) is 1. The van der Waals surface area contributed by atoms with Crippen LogP contribution in [0.1, 0.15) is 31.7 Å². The normalized spacial score (nSPS) is 21.7. The summed E-state index contributed by atoms with van der Waals surface area (Å²) in [5.74, 6) is 0. The molecule has 1 fully saturated rings. The van der Waals surface area contributed by atoms with E-state index in [1.54, 1.807) is 0 Å². The third-order valence-electron chi connectivity index (χ3n) is 3.71. The Kier molecular flexibility index (Phi) is 5.69. The minimum Gasteiger partial charge on any atom is -0.313 e. The lowest BCUT2D eigenvalue weighted by molar-refractivity contribution is 0.267. The molecule has 0 aliphatic carbocycles. The summed E-state index contributed by atoms with van der Waals surface area (Å²) in [5, 5.41) is 3.55. The molecule has 1 unspecified atom stereocenters. The predicted molar refractivity (Wildman–Crippen MR) is 77.9 cm³/mol. The lowest BCUT2D eigenvalue weighted by Gasteiger charge is -2.22. The van der Waals surface area contributed by atoms with Crippen molar-refractivity contribution < 1.29 is 0 Å². The predicted octanol–water partition coefficient (Wildman–Crippen LogP) is 2.69. The van der Waals surface area contributed by atoms with Gasteiger partial charge in [0.1, 0.15) is 0 Å². The van der Waals surface area contributed by atoms with Crippen LogP contribution >= 0.6 is 0 Å². The molecule has 1 saturated heterocycles. The van der Waals surface area contributed by atoms with Crippen LogP contribution in [0.4, 0.5) is 0 Å². The second-order valence-electron chi connectivity index (χ2n) is 5.45. The van der Waals surface area contributed by atoms with Crippen LogP contribution in [0, 0.1) is 0 Å². The smallest absolute Gasteiger partial charge is 0.0166 e. The molecule has 2 rings (SSSR count). The Bertz CT molecular complexity index is 323. The average Bonchev–Trinajstić information content (AvgIpc) is 2.60. The molecule has 0 bridgehead atoms. The quantitative estimate of drug-likeness (QED) is 0.804. The summed E-state index contributed by atoms with van der Waals surface area (Å²) in [5.41, 5.74) is 1.48. The van der Waals surface area contributed by atoms with Crippen molar-refractivity contribution in [2.24, 2.45) is 0 Å². The second kappa shape index (κ2) is 7.55. The summed E-state index contributed by atoms with van der Waals surface area (Å²) in [4.78, 5) is 2.62. The van der Waals surface area contributed by atoms with Gasteiger partial charge in [-0.3, -0.25) is 0 Å². The van der Waals surface area contributed by atoms with Crippen molar-refractivity contribution in [3.63, 3.8) is 0 Å². The van der Waals surface area contributed by atoms with Gasteiger partial charge in [0.2, 0.25) is 0 Å². The van der Waals surface area contributed by atoms with E-state index in [0.717, 1.165) is 0 Å². The zero-order valence-electron chi connectivity index (χ0n) is 11.6. The van der Waals surface area contributed by atoms with Crippen LogP contribution in [0.3, 0.4) is 0 Å². The summed E-state index contributed by atoms with van der Waals surface area (Å²) in [6.07, 6.45) is 5.15. The number of nitrogens with one attached hydrogen (secondary N) is 1. The summed E-state index contributed by atoms with van der Waals surface area (Å²) < 4.78 is 0. The number of hydrogen-bond acceptors (Lipinski definition) is 2. The van der Waals surface area contributed by atoms with Crippen molar-refractivity contribution in [2.45, 2.75) is 38.6 Å². The van der Waals surface area contributed by atoms with Gasteiger partial charge in [-0.25, -0.2) is 0 Å². The van der Waals surface area contributed by atoms with Gasteiger partial charge in [0.15, 0.2) is 0 Å². The topological polar surface area (TPSA) is 15.3 Å². The third kappa shape index (κ3) is 4.79. The van der Waals surface area contributed by atoms with Crippen LogP contribution in [0.2, 0.25) is 0 Å². The van der Waals surface area contributed by atoms with Crippen molar-refractivity contribution in [3.8, 4) is 0 Å². The van der Waals surface area contributed by atoms with Gasteiger partial charge in [-0.15, -0.1) is 0 Å². The van der Waals surface area contributed by atoms with Crippen molar-refractivity contribution in [3.05, 3.63) is 35.9 Å². The molecule has 18 heavy (non-hydrogen) atoms. The Labute approximate surface area is 111 Å². The van der Waals surface area contributed by atoms with Gasteiger partial charge in [0.25, 0.3) is 0 Å². The van der Waals surface area contributed by atoms with Crippen LogP contribution < -0.4 is 5.32 Å². The largest absolute Gasteiger partial charge is 0.313 e. The Hall–Kier alpha value is -0.860. The zero-order valence-corrected chi connectivity index (χ0v) is 11.6. The molecular formula is C16H26N2. The van der Waals surface area contributed by atoms with E-state index < -0.39 is 0 Å². The third-order valence-corrected chi connectivity index (χ3v) is 3.71. The molecule has 100 valence electrons. The molecule has 1 heterocycles. The van der Waals surface area contributed by atoms with Crippen LogP contribution in [0.25, 0.3) is 0 Å². The SMILES string of the molecule is CC1CN(CCCCc2ccccc2)CCCN1. The van der Waals surface area contributed by atoms with Gasteiger partial charge in [-0.2, -0.15) is 0 Å². The van der Waals surface area contributed by atoms with Gasteiger partial charge in [-0.1, -0.05) is 30.3 Å². The molecule has 0 saturated carbocycles. The van der Waals surface area contributed by atoms with Gasteiger partial charge < -0.3 is 10.2 Å². The summed E-state index contributed by atoms with van der Waals surface area (Å²) in [6, 6.07) is 11.5. The van der Waals surface area contributed by atoms with Crippen LogP contribution in [-0.2, 0) is 6.42 Å². The van der Waals surface area contributed by atoms with E-state index in [0.29, 0.717) is 6.04 Å². The van der Waals surface area contributed by atoms with Gasteiger partial charge in [-0.05, 0) is 57.8 Å². The van der Waals surface area contributed by atoms with Crippen LogP contribution in [0.5, 0.6) is 0 Å². The maximum atomic E-state index is 3.55. The number of nitrogens with zero attached hydrogens (tertiary/aromatic N) is 1. The highest BCUT2D eigenvalue weighted by atomic mass is 15.2. The number of unbranched alkanes of at least 4 members (excludes halogenated alkanes) is 1. The molecule has 2 heteroatoms. The fourth-order valence-corrected chi connectivity index (χ4v) is 2.71. The van der Waals surface area contributed by atoms with Gasteiger partial charge in [0.05, 0.1) is 0 Å². The maximum absolute atomic E-state index is 3.55. The molecule has 1 aliphatic rings.